The van der Waals surface area contributed by atoms with Crippen LogP contribution in [0.15, 0.2) is 48.5 Å². The molecule has 0 aromatic heterocycles. The van der Waals surface area contributed by atoms with Crippen LogP contribution in [0.2, 0.25) is 0 Å². The highest BCUT2D eigenvalue weighted by molar-refractivity contribution is 5.93. The van der Waals surface area contributed by atoms with E-state index in [1.165, 1.54) is 24.7 Å². The van der Waals surface area contributed by atoms with Gasteiger partial charge in [-0.1, -0.05) is 36.4 Å². The van der Waals surface area contributed by atoms with Crippen molar-refractivity contribution in [3.8, 4) is 5.75 Å². The first-order valence-electron chi connectivity index (χ1n) is 10.4. The van der Waals surface area contributed by atoms with Crippen LogP contribution in [-0.4, -0.2) is 59.0 Å². The number of phenolic OH excluding ortho intramolecular Hbond substituents is 1. The number of aliphatic hydroxyl groups excluding tert-OH is 1. The number of nitrogens with one attached hydrogen (secondary N) is 3. The van der Waals surface area contributed by atoms with E-state index in [2.05, 4.69) is 10.6 Å². The van der Waals surface area contributed by atoms with E-state index in [1.54, 1.807) is 24.3 Å². The molecule has 4 atom stereocenters. The summed E-state index contributed by atoms with van der Waals surface area (Å²) in [5, 5.41) is 34.8. The molecular weight excluding hydrogens is 430 g/mol. The number of benzene rings is 2. The highest BCUT2D eigenvalue weighted by Crippen LogP contribution is 2.32. The molecule has 33 heavy (non-hydrogen) atoms. The number of hydrogen-bond acceptors (Lipinski definition) is 7. The zero-order chi connectivity index (χ0) is 24.0. The average Bonchev–Trinajstić information content (AvgIpc) is 3.10. The van der Waals surface area contributed by atoms with E-state index in [4.69, 9.17) is 4.74 Å². The molecule has 0 fully saturated rings. The molecule has 3 rings (SSSR count). The zero-order valence-electron chi connectivity index (χ0n) is 18.0. The Hall–Kier alpha value is -3.47. The molecule has 0 saturated carbocycles. The van der Waals surface area contributed by atoms with Crippen LogP contribution in [0.4, 0.5) is 0 Å². The summed E-state index contributed by atoms with van der Waals surface area (Å²) in [7, 11) is 1.30. The number of amides is 3. The van der Waals surface area contributed by atoms with Gasteiger partial charge in [0.25, 0.3) is 5.91 Å². The number of rotatable bonds is 9. The molecule has 176 valence electrons. The SMILES string of the molecule is COCC(=O)NC(C(=O)NO)C(Cc1cccc(O)c1)C(=O)NC1c2ccccc2CC1O. The predicted molar refractivity (Wildman–Crippen MR) is 116 cm³/mol. The van der Waals surface area contributed by atoms with E-state index < -0.39 is 41.8 Å². The van der Waals surface area contributed by atoms with Gasteiger partial charge >= 0.3 is 0 Å². The molecule has 2 aromatic carbocycles. The van der Waals surface area contributed by atoms with Gasteiger partial charge < -0.3 is 25.6 Å². The minimum Gasteiger partial charge on any atom is -0.508 e. The van der Waals surface area contributed by atoms with Crippen LogP contribution < -0.4 is 16.1 Å². The molecule has 2 aromatic rings. The Balaban J connectivity index is 1.91. The summed E-state index contributed by atoms with van der Waals surface area (Å²) in [5.74, 6) is -3.48. The van der Waals surface area contributed by atoms with Crippen molar-refractivity contribution < 1.29 is 34.5 Å². The molecule has 4 unspecified atom stereocenters. The topological polar surface area (TPSA) is 157 Å². The van der Waals surface area contributed by atoms with Gasteiger partial charge in [0.15, 0.2) is 0 Å². The first-order valence-corrected chi connectivity index (χ1v) is 10.4. The number of phenols is 1. The number of aliphatic hydroxyl groups is 1. The highest BCUT2D eigenvalue weighted by atomic mass is 16.5. The Morgan fingerprint density at radius 3 is 2.58 bits per heavy atom. The molecule has 0 bridgehead atoms. The Morgan fingerprint density at radius 2 is 1.88 bits per heavy atom. The van der Waals surface area contributed by atoms with Gasteiger partial charge in [-0.3, -0.25) is 19.6 Å². The van der Waals surface area contributed by atoms with Crippen molar-refractivity contribution in [2.45, 2.75) is 31.0 Å². The second-order valence-corrected chi connectivity index (χ2v) is 7.89. The monoisotopic (exact) mass is 457 g/mol. The summed E-state index contributed by atoms with van der Waals surface area (Å²) in [6.45, 7) is -0.357. The van der Waals surface area contributed by atoms with E-state index in [9.17, 15) is 29.8 Å². The lowest BCUT2D eigenvalue weighted by atomic mass is 9.89. The van der Waals surface area contributed by atoms with Crippen LogP contribution in [0, 0.1) is 5.92 Å². The molecule has 0 spiro atoms. The number of carbonyl (C=O) groups is 3. The first-order chi connectivity index (χ1) is 15.8. The van der Waals surface area contributed by atoms with Gasteiger partial charge in [-0.15, -0.1) is 0 Å². The highest BCUT2D eigenvalue weighted by Gasteiger charge is 2.39. The number of aromatic hydroxyl groups is 1. The summed E-state index contributed by atoms with van der Waals surface area (Å²) < 4.78 is 4.78. The second-order valence-electron chi connectivity index (χ2n) is 7.89. The maximum atomic E-state index is 13.4. The normalized spacial score (nSPS) is 18.6. The molecular formula is C23H27N3O7. The smallest absolute Gasteiger partial charge is 0.266 e. The van der Waals surface area contributed by atoms with E-state index in [0.29, 0.717) is 12.0 Å². The van der Waals surface area contributed by atoms with Gasteiger partial charge in [-0.2, -0.15) is 0 Å². The largest absolute Gasteiger partial charge is 0.508 e. The van der Waals surface area contributed by atoms with E-state index in [0.717, 1.165) is 11.1 Å². The molecule has 0 saturated heterocycles. The van der Waals surface area contributed by atoms with Crippen molar-refractivity contribution in [2.75, 3.05) is 13.7 Å². The van der Waals surface area contributed by atoms with Crippen molar-refractivity contribution >= 4 is 17.7 Å². The molecule has 6 N–H and O–H groups in total. The van der Waals surface area contributed by atoms with Gasteiger partial charge in [0, 0.05) is 13.5 Å². The maximum Gasteiger partial charge on any atom is 0.266 e. The Morgan fingerprint density at radius 1 is 1.12 bits per heavy atom. The summed E-state index contributed by atoms with van der Waals surface area (Å²) in [6, 6.07) is 11.3. The van der Waals surface area contributed by atoms with E-state index in [1.807, 2.05) is 12.1 Å². The predicted octanol–water partition coefficient (Wildman–Crippen LogP) is -0.0380. The zero-order valence-corrected chi connectivity index (χ0v) is 18.0. The van der Waals surface area contributed by atoms with Crippen molar-refractivity contribution in [3.05, 3.63) is 65.2 Å². The van der Waals surface area contributed by atoms with Gasteiger partial charge in [0.1, 0.15) is 18.4 Å². The lowest BCUT2D eigenvalue weighted by Crippen LogP contribution is -2.56. The number of fused-ring (bicyclic) bond motifs is 1. The first kappa shape index (κ1) is 24.2. The van der Waals surface area contributed by atoms with Crippen molar-refractivity contribution in [3.63, 3.8) is 0 Å². The van der Waals surface area contributed by atoms with Gasteiger partial charge in [-0.05, 0) is 35.2 Å². The Kier molecular flexibility index (Phi) is 7.99. The van der Waals surface area contributed by atoms with Crippen molar-refractivity contribution in [2.24, 2.45) is 5.92 Å². The standard InChI is InChI=1S/C23H27N3O7/c1-33-12-19(29)24-21(23(31)26-32)17(10-13-5-4-7-15(27)9-13)22(30)25-20-16-8-3-2-6-14(16)11-18(20)28/h2-9,17-18,20-21,27-28,32H,10-12H2,1H3,(H,24,29)(H,25,30)(H,26,31). The Labute approximate surface area is 190 Å². The summed E-state index contributed by atoms with van der Waals surface area (Å²) in [6.07, 6.45) is -0.541. The third kappa shape index (κ3) is 5.86. The van der Waals surface area contributed by atoms with Gasteiger partial charge in [-0.25, -0.2) is 5.48 Å². The lowest BCUT2D eigenvalue weighted by molar-refractivity contribution is -0.141. The van der Waals surface area contributed by atoms with Crippen molar-refractivity contribution in [1.29, 1.82) is 0 Å². The van der Waals surface area contributed by atoms with Crippen LogP contribution in [0.3, 0.4) is 0 Å². The fraction of sp³-hybridized carbons (Fsp3) is 0.348. The number of methoxy groups -OCH3 is 1. The molecule has 3 amide bonds. The maximum absolute atomic E-state index is 13.4. The summed E-state index contributed by atoms with van der Waals surface area (Å²) >= 11 is 0. The third-order valence-electron chi connectivity index (χ3n) is 5.59. The quantitative estimate of drug-likeness (QED) is 0.228. The molecule has 0 radical (unpaired) electrons. The number of hydroxylamine groups is 1. The third-order valence-corrected chi connectivity index (χ3v) is 5.59. The minimum atomic E-state index is -1.45. The molecule has 1 aliphatic carbocycles. The second kappa shape index (κ2) is 10.9. The molecule has 0 heterocycles. The number of hydrogen-bond donors (Lipinski definition) is 6. The Bertz CT molecular complexity index is 1010. The van der Waals surface area contributed by atoms with Crippen LogP contribution in [0.5, 0.6) is 5.75 Å². The fourth-order valence-corrected chi connectivity index (χ4v) is 4.07. The lowest BCUT2D eigenvalue weighted by Gasteiger charge is -2.28. The molecule has 0 aliphatic heterocycles. The van der Waals surface area contributed by atoms with Crippen LogP contribution in [0.25, 0.3) is 0 Å². The number of ether oxygens (including phenoxy) is 1. The summed E-state index contributed by atoms with van der Waals surface area (Å²) in [4.78, 5) is 38.0. The van der Waals surface area contributed by atoms with Gasteiger partial charge in [0.05, 0.1) is 18.1 Å². The van der Waals surface area contributed by atoms with E-state index in [-0.39, 0.29) is 18.8 Å². The average molecular weight is 457 g/mol. The summed E-state index contributed by atoms with van der Waals surface area (Å²) in [5.41, 5.74) is 3.68. The van der Waals surface area contributed by atoms with Crippen LogP contribution in [0.1, 0.15) is 22.7 Å². The van der Waals surface area contributed by atoms with Crippen LogP contribution >= 0.6 is 0 Å². The van der Waals surface area contributed by atoms with E-state index >= 15 is 0 Å². The molecule has 10 nitrogen and oxygen atoms in total. The number of carbonyl (C=O) groups excluding carboxylic acids is 3. The van der Waals surface area contributed by atoms with Crippen LogP contribution in [-0.2, 0) is 32.0 Å². The van der Waals surface area contributed by atoms with Crippen molar-refractivity contribution in [1.82, 2.24) is 16.1 Å². The molecule has 1 aliphatic rings. The molecule has 10 heteroatoms. The van der Waals surface area contributed by atoms with Gasteiger partial charge in [0.2, 0.25) is 11.8 Å². The fourth-order valence-electron chi connectivity index (χ4n) is 4.07. The minimum absolute atomic E-state index is 0.0293.